The molecule has 1 aromatic rings. The Morgan fingerprint density at radius 3 is 2.83 bits per heavy atom. The first-order valence-electron chi connectivity index (χ1n) is 5.32. The van der Waals surface area contributed by atoms with E-state index in [2.05, 4.69) is 5.32 Å². The van der Waals surface area contributed by atoms with Crippen LogP contribution in [0.25, 0.3) is 0 Å². The van der Waals surface area contributed by atoms with E-state index >= 15 is 0 Å². The number of nitrogens with zero attached hydrogens (tertiary/aromatic N) is 1. The third kappa shape index (κ3) is 2.17. The summed E-state index contributed by atoms with van der Waals surface area (Å²) < 4.78 is 26.9. The SMILES string of the molecule is NCC(=O)N1CCC(=O)Nc2cc(F)cc(F)c21. The van der Waals surface area contributed by atoms with E-state index < -0.39 is 23.4 Å². The molecule has 18 heavy (non-hydrogen) atoms. The van der Waals surface area contributed by atoms with Crippen LogP contribution in [0.2, 0.25) is 0 Å². The van der Waals surface area contributed by atoms with Crippen LogP contribution in [0.1, 0.15) is 6.42 Å². The highest BCUT2D eigenvalue weighted by atomic mass is 19.1. The summed E-state index contributed by atoms with van der Waals surface area (Å²) >= 11 is 0. The predicted octanol–water partition coefficient (Wildman–Crippen LogP) is 0.599. The molecule has 0 aliphatic carbocycles. The summed E-state index contributed by atoms with van der Waals surface area (Å²) in [5.41, 5.74) is 5.03. The summed E-state index contributed by atoms with van der Waals surface area (Å²) in [6.07, 6.45) is 0.00147. The van der Waals surface area contributed by atoms with Crippen LogP contribution in [0.15, 0.2) is 12.1 Å². The molecule has 1 heterocycles. The van der Waals surface area contributed by atoms with Gasteiger partial charge in [-0.3, -0.25) is 9.59 Å². The summed E-state index contributed by atoms with van der Waals surface area (Å²) in [5, 5.41) is 2.36. The van der Waals surface area contributed by atoms with Crippen molar-refractivity contribution in [1.29, 1.82) is 0 Å². The van der Waals surface area contributed by atoms with Crippen LogP contribution in [0.5, 0.6) is 0 Å². The van der Waals surface area contributed by atoms with Gasteiger partial charge in [0.15, 0.2) is 5.82 Å². The largest absolute Gasteiger partial charge is 0.324 e. The Hall–Kier alpha value is -2.02. The van der Waals surface area contributed by atoms with E-state index in [1.807, 2.05) is 0 Å². The van der Waals surface area contributed by atoms with E-state index in [-0.39, 0.29) is 30.9 Å². The monoisotopic (exact) mass is 255 g/mol. The maximum Gasteiger partial charge on any atom is 0.240 e. The molecule has 1 aliphatic rings. The first-order chi connectivity index (χ1) is 8.52. The van der Waals surface area contributed by atoms with Gasteiger partial charge in [-0.15, -0.1) is 0 Å². The van der Waals surface area contributed by atoms with Crippen molar-refractivity contribution in [3.63, 3.8) is 0 Å². The standard InChI is InChI=1S/C11H11F2N3O2/c12-6-3-7(13)11-8(4-6)15-9(17)1-2-16(11)10(18)5-14/h3-4H,1-2,5,14H2,(H,15,17). The molecule has 0 unspecified atom stereocenters. The summed E-state index contributed by atoms with van der Waals surface area (Å²) in [7, 11) is 0. The number of carbonyl (C=O) groups excluding carboxylic acids is 2. The first-order valence-corrected chi connectivity index (χ1v) is 5.32. The van der Waals surface area contributed by atoms with Gasteiger partial charge in [-0.2, -0.15) is 0 Å². The number of carbonyl (C=O) groups is 2. The smallest absolute Gasteiger partial charge is 0.240 e. The molecule has 0 aromatic heterocycles. The highest BCUT2D eigenvalue weighted by molar-refractivity contribution is 6.04. The van der Waals surface area contributed by atoms with Gasteiger partial charge in [-0.1, -0.05) is 0 Å². The number of nitrogens with two attached hydrogens (primary N) is 1. The molecule has 2 amide bonds. The second kappa shape index (κ2) is 4.69. The minimum atomic E-state index is -0.908. The Balaban J connectivity index is 2.56. The third-order valence-electron chi connectivity index (χ3n) is 2.61. The lowest BCUT2D eigenvalue weighted by Gasteiger charge is -2.21. The average molecular weight is 255 g/mol. The second-order valence-electron chi connectivity index (χ2n) is 3.83. The van der Waals surface area contributed by atoms with Crippen molar-refractivity contribution in [2.75, 3.05) is 23.3 Å². The molecular formula is C11H11F2N3O2. The lowest BCUT2D eigenvalue weighted by atomic mass is 10.2. The van der Waals surface area contributed by atoms with Crippen molar-refractivity contribution < 1.29 is 18.4 Å². The number of fused-ring (bicyclic) bond motifs is 1. The highest BCUT2D eigenvalue weighted by Crippen LogP contribution is 2.32. The number of anilines is 2. The van der Waals surface area contributed by atoms with E-state index in [0.717, 1.165) is 11.0 Å². The fourth-order valence-corrected chi connectivity index (χ4v) is 1.83. The van der Waals surface area contributed by atoms with Crippen LogP contribution in [-0.2, 0) is 9.59 Å². The van der Waals surface area contributed by atoms with Crippen LogP contribution in [0.3, 0.4) is 0 Å². The van der Waals surface area contributed by atoms with Gasteiger partial charge < -0.3 is 16.0 Å². The third-order valence-corrected chi connectivity index (χ3v) is 2.61. The topological polar surface area (TPSA) is 75.4 Å². The van der Waals surface area contributed by atoms with Crippen LogP contribution < -0.4 is 16.0 Å². The molecular weight excluding hydrogens is 244 g/mol. The van der Waals surface area contributed by atoms with Crippen molar-refractivity contribution in [1.82, 2.24) is 0 Å². The lowest BCUT2D eigenvalue weighted by Crippen LogP contribution is -2.37. The molecule has 0 fully saturated rings. The molecule has 5 nitrogen and oxygen atoms in total. The van der Waals surface area contributed by atoms with Crippen LogP contribution in [-0.4, -0.2) is 24.9 Å². The van der Waals surface area contributed by atoms with Crippen LogP contribution in [0, 0.1) is 11.6 Å². The van der Waals surface area contributed by atoms with Gasteiger partial charge in [-0.05, 0) is 6.07 Å². The number of rotatable bonds is 1. The Kier molecular flexibility index (Phi) is 3.24. The number of hydrogen-bond donors (Lipinski definition) is 2. The van der Waals surface area contributed by atoms with Gasteiger partial charge in [0.05, 0.1) is 12.2 Å². The Morgan fingerprint density at radius 1 is 1.44 bits per heavy atom. The van der Waals surface area contributed by atoms with Gasteiger partial charge in [0, 0.05) is 19.0 Å². The zero-order chi connectivity index (χ0) is 13.3. The molecule has 1 aliphatic heterocycles. The molecule has 0 spiro atoms. The van der Waals surface area contributed by atoms with Gasteiger partial charge in [-0.25, -0.2) is 8.78 Å². The molecule has 0 bridgehead atoms. The number of benzene rings is 1. The Labute approximate surface area is 102 Å². The van der Waals surface area contributed by atoms with E-state index in [4.69, 9.17) is 5.73 Å². The number of amides is 2. The van der Waals surface area contributed by atoms with Gasteiger partial charge in [0.1, 0.15) is 11.5 Å². The molecule has 0 atom stereocenters. The number of hydrogen-bond acceptors (Lipinski definition) is 3. The summed E-state index contributed by atoms with van der Waals surface area (Å²) in [4.78, 5) is 24.1. The maximum atomic E-state index is 13.8. The molecule has 1 aromatic carbocycles. The molecule has 0 radical (unpaired) electrons. The van der Waals surface area contributed by atoms with Gasteiger partial charge in [0.25, 0.3) is 0 Å². The van der Waals surface area contributed by atoms with Crippen molar-refractivity contribution in [2.24, 2.45) is 5.73 Å². The normalized spacial score (nSPS) is 14.8. The highest BCUT2D eigenvalue weighted by Gasteiger charge is 2.27. The number of nitrogens with one attached hydrogen (secondary N) is 1. The minimum absolute atomic E-state index is 0.00147. The van der Waals surface area contributed by atoms with Crippen molar-refractivity contribution >= 4 is 23.2 Å². The fraction of sp³-hybridized carbons (Fsp3) is 0.273. The molecule has 3 N–H and O–H groups in total. The van der Waals surface area contributed by atoms with Gasteiger partial charge in [0.2, 0.25) is 11.8 Å². The van der Waals surface area contributed by atoms with Crippen molar-refractivity contribution in [2.45, 2.75) is 6.42 Å². The average Bonchev–Trinajstić information content (AvgIpc) is 2.46. The van der Waals surface area contributed by atoms with E-state index in [1.54, 1.807) is 0 Å². The summed E-state index contributed by atoms with van der Waals surface area (Å²) in [6, 6.07) is 1.63. The second-order valence-corrected chi connectivity index (χ2v) is 3.83. The molecule has 0 saturated carbocycles. The zero-order valence-corrected chi connectivity index (χ0v) is 9.37. The summed E-state index contributed by atoms with van der Waals surface area (Å²) in [5.74, 6) is -2.67. The number of halogens is 2. The molecule has 0 saturated heterocycles. The Morgan fingerprint density at radius 2 is 2.17 bits per heavy atom. The maximum absolute atomic E-state index is 13.8. The van der Waals surface area contributed by atoms with E-state index in [0.29, 0.717) is 6.07 Å². The molecule has 7 heteroatoms. The molecule has 96 valence electrons. The van der Waals surface area contributed by atoms with E-state index in [1.165, 1.54) is 0 Å². The van der Waals surface area contributed by atoms with E-state index in [9.17, 15) is 18.4 Å². The minimum Gasteiger partial charge on any atom is -0.324 e. The zero-order valence-electron chi connectivity index (χ0n) is 9.37. The van der Waals surface area contributed by atoms with Crippen molar-refractivity contribution in [3.05, 3.63) is 23.8 Å². The first kappa shape index (κ1) is 12.4. The Bertz CT molecular complexity index is 519. The van der Waals surface area contributed by atoms with Crippen LogP contribution in [0.4, 0.5) is 20.2 Å². The van der Waals surface area contributed by atoms with Gasteiger partial charge >= 0.3 is 0 Å². The lowest BCUT2D eigenvalue weighted by molar-refractivity contribution is -0.117. The summed E-state index contributed by atoms with van der Waals surface area (Å²) in [6.45, 7) is -0.304. The molecule has 2 rings (SSSR count). The van der Waals surface area contributed by atoms with Crippen molar-refractivity contribution in [3.8, 4) is 0 Å². The predicted molar refractivity (Wildman–Crippen MR) is 61.0 cm³/mol. The fourth-order valence-electron chi connectivity index (χ4n) is 1.83. The van der Waals surface area contributed by atoms with Crippen LogP contribution >= 0.6 is 0 Å². The quantitative estimate of drug-likeness (QED) is 0.771.